The smallest absolute Gasteiger partial charge is 0.239 e. The number of likely N-dealkylation sites (N-methyl/N-ethyl adjacent to an activating group) is 1. The van der Waals surface area contributed by atoms with Crippen molar-refractivity contribution >= 4 is 5.91 Å². The Labute approximate surface area is 111 Å². The van der Waals surface area contributed by atoms with Crippen molar-refractivity contribution in [3.8, 4) is 0 Å². The number of nitrogens with zero attached hydrogens (tertiary/aromatic N) is 1. The van der Waals surface area contributed by atoms with Crippen LogP contribution < -0.4 is 5.32 Å². The highest BCUT2D eigenvalue weighted by atomic mass is 16.3. The van der Waals surface area contributed by atoms with Crippen molar-refractivity contribution in [3.63, 3.8) is 0 Å². The summed E-state index contributed by atoms with van der Waals surface area (Å²) in [7, 11) is 0. The molecule has 0 aromatic rings. The van der Waals surface area contributed by atoms with Gasteiger partial charge in [0.15, 0.2) is 0 Å². The highest BCUT2D eigenvalue weighted by Gasteiger charge is 2.25. The second-order valence-corrected chi connectivity index (χ2v) is 5.25. The van der Waals surface area contributed by atoms with Crippen LogP contribution in [0, 0.1) is 5.92 Å². The third-order valence-electron chi connectivity index (χ3n) is 4.00. The molecular formula is C14H28N2O2. The minimum Gasteiger partial charge on any atom is -0.393 e. The molecule has 0 aromatic heterocycles. The Hall–Kier alpha value is -0.610. The van der Waals surface area contributed by atoms with Crippen molar-refractivity contribution in [2.24, 2.45) is 5.92 Å². The molecule has 1 fully saturated rings. The van der Waals surface area contributed by atoms with Crippen molar-refractivity contribution in [2.45, 2.75) is 58.6 Å². The van der Waals surface area contributed by atoms with Crippen LogP contribution in [0.4, 0.5) is 0 Å². The quantitative estimate of drug-likeness (QED) is 0.755. The van der Waals surface area contributed by atoms with Crippen molar-refractivity contribution in [1.82, 2.24) is 10.2 Å². The fraction of sp³-hybridized carbons (Fsp3) is 0.929. The molecule has 0 spiro atoms. The van der Waals surface area contributed by atoms with Crippen LogP contribution in [0.5, 0.6) is 0 Å². The molecule has 1 aliphatic rings. The number of nitrogens with one attached hydrogen (secondary N) is 1. The predicted octanol–water partition coefficient (Wildman–Crippen LogP) is 1.38. The summed E-state index contributed by atoms with van der Waals surface area (Å²) in [6.07, 6.45) is 4.11. The fourth-order valence-corrected chi connectivity index (χ4v) is 2.65. The summed E-state index contributed by atoms with van der Waals surface area (Å²) in [6, 6.07) is -0.154. The third kappa shape index (κ3) is 4.25. The van der Waals surface area contributed by atoms with E-state index in [-0.39, 0.29) is 18.1 Å². The lowest BCUT2D eigenvalue weighted by atomic mass is 9.86. The van der Waals surface area contributed by atoms with Crippen LogP contribution in [0.2, 0.25) is 0 Å². The Balaban J connectivity index is 2.35. The molecule has 1 amide bonds. The second-order valence-electron chi connectivity index (χ2n) is 5.25. The van der Waals surface area contributed by atoms with Gasteiger partial charge >= 0.3 is 0 Å². The first-order chi connectivity index (χ1) is 8.60. The Bertz CT molecular complexity index is 254. The number of hydrogen-bond donors (Lipinski definition) is 2. The summed E-state index contributed by atoms with van der Waals surface area (Å²) in [5.41, 5.74) is 0. The maximum atomic E-state index is 12.1. The highest BCUT2D eigenvalue weighted by molar-refractivity contribution is 5.81. The maximum absolute atomic E-state index is 12.1. The van der Waals surface area contributed by atoms with Crippen molar-refractivity contribution in [1.29, 1.82) is 0 Å². The van der Waals surface area contributed by atoms with Gasteiger partial charge in [0, 0.05) is 19.6 Å². The topological polar surface area (TPSA) is 52.6 Å². The summed E-state index contributed by atoms with van der Waals surface area (Å²) in [4.78, 5) is 13.9. The Morgan fingerprint density at radius 1 is 1.33 bits per heavy atom. The normalized spacial score (nSPS) is 25.8. The Morgan fingerprint density at radius 3 is 2.50 bits per heavy atom. The highest BCUT2D eigenvalue weighted by Crippen LogP contribution is 2.23. The van der Waals surface area contributed by atoms with Crippen LogP contribution in [-0.4, -0.2) is 47.7 Å². The van der Waals surface area contributed by atoms with Crippen LogP contribution in [0.15, 0.2) is 0 Å². The zero-order valence-electron chi connectivity index (χ0n) is 12.0. The largest absolute Gasteiger partial charge is 0.393 e. The number of carbonyl (C=O) groups is 1. The average molecular weight is 256 g/mol. The molecule has 1 aliphatic carbocycles. The van der Waals surface area contributed by atoms with E-state index in [2.05, 4.69) is 5.32 Å². The van der Waals surface area contributed by atoms with Gasteiger partial charge in [-0.15, -0.1) is 0 Å². The van der Waals surface area contributed by atoms with Gasteiger partial charge in [0.2, 0.25) is 5.91 Å². The van der Waals surface area contributed by atoms with E-state index in [1.165, 1.54) is 6.42 Å². The average Bonchev–Trinajstić information content (AvgIpc) is 2.38. The molecule has 0 aromatic carbocycles. The first kappa shape index (κ1) is 15.4. The lowest BCUT2D eigenvalue weighted by Crippen LogP contribution is -2.47. The summed E-state index contributed by atoms with van der Waals surface area (Å²) in [5, 5.41) is 13.2. The molecule has 3 atom stereocenters. The minimum absolute atomic E-state index is 0.154. The summed E-state index contributed by atoms with van der Waals surface area (Å²) in [5.74, 6) is 0.469. The van der Waals surface area contributed by atoms with Gasteiger partial charge in [-0.2, -0.15) is 0 Å². The van der Waals surface area contributed by atoms with E-state index < -0.39 is 0 Å². The van der Waals surface area contributed by atoms with Crippen LogP contribution in [0.1, 0.15) is 46.5 Å². The SMILES string of the molecule is CCN(CC)C(=O)C(C)NCC1CCCCC1O. The number of aliphatic hydroxyl groups is 1. The molecule has 4 nitrogen and oxygen atoms in total. The van der Waals surface area contributed by atoms with Gasteiger partial charge in [0.25, 0.3) is 0 Å². The van der Waals surface area contributed by atoms with E-state index in [0.717, 1.165) is 38.9 Å². The molecule has 2 N–H and O–H groups in total. The number of amides is 1. The summed E-state index contributed by atoms with van der Waals surface area (Å²) >= 11 is 0. The van der Waals surface area contributed by atoms with Crippen LogP contribution in [0.25, 0.3) is 0 Å². The molecule has 1 rings (SSSR count). The fourth-order valence-electron chi connectivity index (χ4n) is 2.65. The van der Waals surface area contributed by atoms with Gasteiger partial charge in [0.1, 0.15) is 0 Å². The summed E-state index contributed by atoms with van der Waals surface area (Å²) in [6.45, 7) is 8.17. The number of rotatable bonds is 6. The number of aliphatic hydroxyl groups excluding tert-OH is 1. The number of carbonyl (C=O) groups excluding carboxylic acids is 1. The van der Waals surface area contributed by atoms with Crippen molar-refractivity contribution in [3.05, 3.63) is 0 Å². The van der Waals surface area contributed by atoms with E-state index in [1.54, 1.807) is 0 Å². The minimum atomic E-state index is -0.193. The molecule has 18 heavy (non-hydrogen) atoms. The van der Waals surface area contributed by atoms with Gasteiger partial charge in [-0.1, -0.05) is 12.8 Å². The van der Waals surface area contributed by atoms with E-state index in [0.29, 0.717) is 5.92 Å². The second kappa shape index (κ2) is 7.74. The standard InChI is InChI=1S/C14H28N2O2/c1-4-16(5-2)14(18)11(3)15-10-12-8-6-7-9-13(12)17/h11-13,15,17H,4-10H2,1-3H3. The number of hydrogen-bond acceptors (Lipinski definition) is 3. The van der Waals surface area contributed by atoms with Gasteiger partial charge in [-0.25, -0.2) is 0 Å². The first-order valence-corrected chi connectivity index (χ1v) is 7.30. The molecule has 1 saturated carbocycles. The van der Waals surface area contributed by atoms with Gasteiger partial charge in [-0.05, 0) is 39.5 Å². The lowest BCUT2D eigenvalue weighted by molar-refractivity contribution is -0.132. The molecule has 0 heterocycles. The van der Waals surface area contributed by atoms with Crippen molar-refractivity contribution < 1.29 is 9.90 Å². The van der Waals surface area contributed by atoms with Crippen LogP contribution in [-0.2, 0) is 4.79 Å². The first-order valence-electron chi connectivity index (χ1n) is 7.30. The van der Waals surface area contributed by atoms with Crippen LogP contribution in [0.3, 0.4) is 0 Å². The van der Waals surface area contributed by atoms with E-state index in [4.69, 9.17) is 0 Å². The Morgan fingerprint density at radius 2 is 1.94 bits per heavy atom. The zero-order valence-corrected chi connectivity index (χ0v) is 12.0. The maximum Gasteiger partial charge on any atom is 0.239 e. The molecular weight excluding hydrogens is 228 g/mol. The Kier molecular flexibility index (Phi) is 6.65. The molecule has 0 bridgehead atoms. The van der Waals surface area contributed by atoms with Crippen molar-refractivity contribution in [2.75, 3.05) is 19.6 Å². The van der Waals surface area contributed by atoms with Gasteiger partial charge in [0.05, 0.1) is 12.1 Å². The lowest BCUT2D eigenvalue weighted by Gasteiger charge is -2.30. The molecule has 0 saturated heterocycles. The molecule has 4 heteroatoms. The van der Waals surface area contributed by atoms with E-state index in [1.807, 2.05) is 25.7 Å². The molecule has 106 valence electrons. The monoisotopic (exact) mass is 256 g/mol. The molecule has 0 radical (unpaired) electrons. The molecule has 3 unspecified atom stereocenters. The summed E-state index contributed by atoms with van der Waals surface area (Å²) < 4.78 is 0. The third-order valence-corrected chi connectivity index (χ3v) is 4.00. The van der Waals surface area contributed by atoms with Gasteiger partial charge in [-0.3, -0.25) is 4.79 Å². The van der Waals surface area contributed by atoms with Crippen LogP contribution >= 0.6 is 0 Å². The molecule has 0 aliphatic heterocycles. The van der Waals surface area contributed by atoms with E-state index >= 15 is 0 Å². The van der Waals surface area contributed by atoms with E-state index in [9.17, 15) is 9.90 Å². The predicted molar refractivity (Wildman–Crippen MR) is 73.4 cm³/mol. The van der Waals surface area contributed by atoms with Gasteiger partial charge < -0.3 is 15.3 Å². The zero-order chi connectivity index (χ0) is 13.5.